The molecule has 0 aromatic heterocycles. The van der Waals surface area contributed by atoms with Crippen molar-refractivity contribution in [3.63, 3.8) is 0 Å². The molecule has 0 amide bonds. The number of carbonyl (C=O) groups is 1. The summed E-state index contributed by atoms with van der Waals surface area (Å²) in [7, 11) is 1.42. The molecule has 0 aliphatic carbocycles. The zero-order valence-corrected chi connectivity index (χ0v) is 11.0. The maximum atomic E-state index is 11.7. The standard InChI is InChI=1S/C14H20N2O2/c1-11-9-16(8-7-15-11)10-12-5-3-4-6-13(12)14(17)18-2/h3-6,11,15H,7-10H2,1-2H3/t11-/m0/s1. The molecule has 4 heteroatoms. The van der Waals surface area contributed by atoms with E-state index in [4.69, 9.17) is 4.74 Å². The van der Waals surface area contributed by atoms with Gasteiger partial charge in [0.2, 0.25) is 0 Å². The topological polar surface area (TPSA) is 41.6 Å². The Morgan fingerprint density at radius 3 is 3.00 bits per heavy atom. The van der Waals surface area contributed by atoms with Crippen LogP contribution in [0.5, 0.6) is 0 Å². The van der Waals surface area contributed by atoms with E-state index in [2.05, 4.69) is 17.1 Å². The van der Waals surface area contributed by atoms with Crippen LogP contribution in [-0.4, -0.2) is 43.7 Å². The summed E-state index contributed by atoms with van der Waals surface area (Å²) in [6.07, 6.45) is 0. The summed E-state index contributed by atoms with van der Waals surface area (Å²) in [5.74, 6) is -0.256. The molecule has 1 aromatic rings. The number of benzene rings is 1. The first-order valence-corrected chi connectivity index (χ1v) is 6.32. The average molecular weight is 248 g/mol. The quantitative estimate of drug-likeness (QED) is 0.818. The van der Waals surface area contributed by atoms with Crippen molar-refractivity contribution in [1.29, 1.82) is 0 Å². The number of piperazine rings is 1. The van der Waals surface area contributed by atoms with E-state index >= 15 is 0 Å². The van der Waals surface area contributed by atoms with Gasteiger partial charge in [0.25, 0.3) is 0 Å². The van der Waals surface area contributed by atoms with E-state index < -0.39 is 0 Å². The summed E-state index contributed by atoms with van der Waals surface area (Å²) in [6.45, 7) is 6.01. The number of nitrogens with one attached hydrogen (secondary N) is 1. The van der Waals surface area contributed by atoms with Gasteiger partial charge in [0.15, 0.2) is 0 Å². The molecule has 0 radical (unpaired) electrons. The van der Waals surface area contributed by atoms with E-state index in [1.54, 1.807) is 0 Å². The van der Waals surface area contributed by atoms with E-state index in [1.807, 2.05) is 24.3 Å². The van der Waals surface area contributed by atoms with Crippen molar-refractivity contribution in [2.75, 3.05) is 26.7 Å². The smallest absolute Gasteiger partial charge is 0.338 e. The Labute approximate surface area is 108 Å². The molecule has 1 N–H and O–H groups in total. The van der Waals surface area contributed by atoms with Crippen molar-refractivity contribution >= 4 is 5.97 Å². The van der Waals surface area contributed by atoms with E-state index in [1.165, 1.54) is 7.11 Å². The molecule has 1 aliphatic rings. The van der Waals surface area contributed by atoms with Gasteiger partial charge in [-0.1, -0.05) is 18.2 Å². The Morgan fingerprint density at radius 2 is 2.28 bits per heavy atom. The molecule has 1 atom stereocenters. The van der Waals surface area contributed by atoms with Crippen molar-refractivity contribution in [2.24, 2.45) is 0 Å². The van der Waals surface area contributed by atoms with E-state index in [-0.39, 0.29) is 5.97 Å². The van der Waals surface area contributed by atoms with Gasteiger partial charge in [0, 0.05) is 32.2 Å². The minimum absolute atomic E-state index is 0.256. The van der Waals surface area contributed by atoms with Crippen LogP contribution in [0, 0.1) is 0 Å². The van der Waals surface area contributed by atoms with Gasteiger partial charge in [-0.15, -0.1) is 0 Å². The summed E-state index contributed by atoms with van der Waals surface area (Å²) in [5, 5.41) is 3.41. The Hall–Kier alpha value is -1.39. The molecule has 0 spiro atoms. The first-order chi connectivity index (χ1) is 8.70. The molecule has 1 aromatic carbocycles. The van der Waals surface area contributed by atoms with Crippen LogP contribution in [0.2, 0.25) is 0 Å². The van der Waals surface area contributed by atoms with E-state index in [0.29, 0.717) is 11.6 Å². The molecule has 0 saturated carbocycles. The predicted octanol–water partition coefficient (Wildman–Crippen LogP) is 1.27. The number of nitrogens with zero attached hydrogens (tertiary/aromatic N) is 1. The number of methoxy groups -OCH3 is 1. The van der Waals surface area contributed by atoms with Gasteiger partial charge >= 0.3 is 5.97 Å². The van der Waals surface area contributed by atoms with Gasteiger partial charge in [0.1, 0.15) is 0 Å². The highest BCUT2D eigenvalue weighted by molar-refractivity contribution is 5.90. The Bertz CT molecular complexity index is 420. The molecule has 0 bridgehead atoms. The second-order valence-corrected chi connectivity index (χ2v) is 4.74. The third-order valence-corrected chi connectivity index (χ3v) is 3.27. The lowest BCUT2D eigenvalue weighted by atomic mass is 10.1. The Kier molecular flexibility index (Phi) is 4.33. The highest BCUT2D eigenvalue weighted by Crippen LogP contribution is 2.14. The van der Waals surface area contributed by atoms with Gasteiger partial charge in [0.05, 0.1) is 12.7 Å². The van der Waals surface area contributed by atoms with Crippen LogP contribution in [0.4, 0.5) is 0 Å². The van der Waals surface area contributed by atoms with Crippen molar-refractivity contribution in [2.45, 2.75) is 19.5 Å². The Morgan fingerprint density at radius 1 is 1.50 bits per heavy atom. The fourth-order valence-corrected chi connectivity index (χ4v) is 2.36. The predicted molar refractivity (Wildman–Crippen MR) is 70.5 cm³/mol. The van der Waals surface area contributed by atoms with Crippen LogP contribution in [0.25, 0.3) is 0 Å². The fourth-order valence-electron chi connectivity index (χ4n) is 2.36. The molecule has 2 rings (SSSR count). The maximum absolute atomic E-state index is 11.7. The highest BCUT2D eigenvalue weighted by Gasteiger charge is 2.18. The van der Waals surface area contributed by atoms with Crippen molar-refractivity contribution in [3.05, 3.63) is 35.4 Å². The van der Waals surface area contributed by atoms with Gasteiger partial charge < -0.3 is 10.1 Å². The van der Waals surface area contributed by atoms with Crippen LogP contribution in [0.1, 0.15) is 22.8 Å². The molecule has 0 unspecified atom stereocenters. The van der Waals surface area contributed by atoms with E-state index in [0.717, 1.165) is 31.7 Å². The minimum Gasteiger partial charge on any atom is -0.465 e. The third-order valence-electron chi connectivity index (χ3n) is 3.27. The van der Waals surface area contributed by atoms with Crippen molar-refractivity contribution in [3.8, 4) is 0 Å². The maximum Gasteiger partial charge on any atom is 0.338 e. The number of hydrogen-bond acceptors (Lipinski definition) is 4. The summed E-state index contributed by atoms with van der Waals surface area (Å²) < 4.78 is 4.82. The molecule has 1 heterocycles. The molecule has 18 heavy (non-hydrogen) atoms. The first-order valence-electron chi connectivity index (χ1n) is 6.32. The summed E-state index contributed by atoms with van der Waals surface area (Å²) >= 11 is 0. The summed E-state index contributed by atoms with van der Waals surface area (Å²) in [4.78, 5) is 14.1. The lowest BCUT2D eigenvalue weighted by Crippen LogP contribution is -2.48. The first kappa shape index (κ1) is 13.1. The van der Waals surface area contributed by atoms with Gasteiger partial charge in [-0.3, -0.25) is 4.90 Å². The zero-order chi connectivity index (χ0) is 13.0. The monoisotopic (exact) mass is 248 g/mol. The van der Waals surface area contributed by atoms with Gasteiger partial charge in [-0.2, -0.15) is 0 Å². The van der Waals surface area contributed by atoms with Crippen LogP contribution in [0.15, 0.2) is 24.3 Å². The lowest BCUT2D eigenvalue weighted by molar-refractivity contribution is 0.0598. The molecule has 4 nitrogen and oxygen atoms in total. The second-order valence-electron chi connectivity index (χ2n) is 4.74. The fraction of sp³-hybridized carbons (Fsp3) is 0.500. The van der Waals surface area contributed by atoms with Gasteiger partial charge in [-0.05, 0) is 18.6 Å². The SMILES string of the molecule is COC(=O)c1ccccc1CN1CCN[C@@H](C)C1. The summed E-state index contributed by atoms with van der Waals surface area (Å²) in [6, 6.07) is 8.17. The summed E-state index contributed by atoms with van der Waals surface area (Å²) in [5.41, 5.74) is 1.71. The number of hydrogen-bond donors (Lipinski definition) is 1. The lowest BCUT2D eigenvalue weighted by Gasteiger charge is -2.32. The normalized spacial score (nSPS) is 20.7. The van der Waals surface area contributed by atoms with Crippen molar-refractivity contribution in [1.82, 2.24) is 10.2 Å². The van der Waals surface area contributed by atoms with Crippen LogP contribution >= 0.6 is 0 Å². The van der Waals surface area contributed by atoms with Crippen LogP contribution in [-0.2, 0) is 11.3 Å². The van der Waals surface area contributed by atoms with Crippen LogP contribution in [0.3, 0.4) is 0 Å². The zero-order valence-electron chi connectivity index (χ0n) is 11.0. The van der Waals surface area contributed by atoms with Crippen LogP contribution < -0.4 is 5.32 Å². The Balaban J connectivity index is 2.10. The average Bonchev–Trinajstić information content (AvgIpc) is 2.38. The van der Waals surface area contributed by atoms with Crippen molar-refractivity contribution < 1.29 is 9.53 Å². The molecule has 1 aliphatic heterocycles. The molecule has 98 valence electrons. The number of rotatable bonds is 3. The number of ether oxygens (including phenoxy) is 1. The molecular formula is C14H20N2O2. The molecule has 1 fully saturated rings. The minimum atomic E-state index is -0.256. The highest BCUT2D eigenvalue weighted by atomic mass is 16.5. The number of carbonyl (C=O) groups excluding carboxylic acids is 1. The largest absolute Gasteiger partial charge is 0.465 e. The second kappa shape index (κ2) is 5.98. The number of esters is 1. The molecule has 1 saturated heterocycles. The van der Waals surface area contributed by atoms with E-state index in [9.17, 15) is 4.79 Å². The third kappa shape index (κ3) is 3.09. The van der Waals surface area contributed by atoms with Gasteiger partial charge in [-0.25, -0.2) is 4.79 Å². The molecular weight excluding hydrogens is 228 g/mol.